The second kappa shape index (κ2) is 8.02. The molecule has 3 heteroatoms. The van der Waals surface area contributed by atoms with Crippen molar-refractivity contribution in [1.29, 1.82) is 0 Å². The largest absolute Gasteiger partial charge is 0.353 e. The SMILES string of the molecule is CC(C)CCC1CCCC1NC(=O)CCC1CCNC1. The summed E-state index contributed by atoms with van der Waals surface area (Å²) in [6.45, 7) is 6.82. The third kappa shape index (κ3) is 5.08. The zero-order valence-electron chi connectivity index (χ0n) is 13.3. The number of amides is 1. The summed E-state index contributed by atoms with van der Waals surface area (Å²) in [6.07, 6.45) is 9.40. The molecular formula is C17H32N2O. The molecule has 20 heavy (non-hydrogen) atoms. The third-order valence-electron chi connectivity index (χ3n) is 5.06. The van der Waals surface area contributed by atoms with E-state index in [-0.39, 0.29) is 0 Å². The van der Waals surface area contributed by atoms with E-state index < -0.39 is 0 Å². The van der Waals surface area contributed by atoms with Crippen LogP contribution in [0.1, 0.15) is 65.2 Å². The zero-order valence-corrected chi connectivity index (χ0v) is 13.3. The average molecular weight is 280 g/mol. The van der Waals surface area contributed by atoms with Gasteiger partial charge in [-0.25, -0.2) is 0 Å². The summed E-state index contributed by atoms with van der Waals surface area (Å²) in [7, 11) is 0. The summed E-state index contributed by atoms with van der Waals surface area (Å²) in [4.78, 5) is 12.1. The molecule has 3 atom stereocenters. The maximum atomic E-state index is 12.1. The van der Waals surface area contributed by atoms with E-state index in [1.807, 2.05) is 0 Å². The van der Waals surface area contributed by atoms with E-state index in [4.69, 9.17) is 0 Å². The molecule has 0 aromatic heterocycles. The Morgan fingerprint density at radius 1 is 1.25 bits per heavy atom. The van der Waals surface area contributed by atoms with Gasteiger partial charge in [0.25, 0.3) is 0 Å². The van der Waals surface area contributed by atoms with Gasteiger partial charge in [-0.3, -0.25) is 4.79 Å². The number of carbonyl (C=O) groups is 1. The van der Waals surface area contributed by atoms with Crippen LogP contribution in [-0.2, 0) is 4.79 Å². The predicted octanol–water partition coefficient (Wildman–Crippen LogP) is 3.10. The van der Waals surface area contributed by atoms with Gasteiger partial charge in [-0.2, -0.15) is 0 Å². The molecule has 3 unspecified atom stereocenters. The molecule has 1 saturated carbocycles. The van der Waals surface area contributed by atoms with E-state index in [1.165, 1.54) is 38.5 Å². The minimum absolute atomic E-state index is 0.290. The van der Waals surface area contributed by atoms with Crippen LogP contribution in [-0.4, -0.2) is 25.0 Å². The van der Waals surface area contributed by atoms with Crippen molar-refractivity contribution in [2.75, 3.05) is 13.1 Å². The van der Waals surface area contributed by atoms with Crippen LogP contribution in [0, 0.1) is 17.8 Å². The van der Waals surface area contributed by atoms with Crippen LogP contribution in [0.3, 0.4) is 0 Å². The lowest BCUT2D eigenvalue weighted by atomic mass is 9.93. The molecule has 1 saturated heterocycles. The molecule has 0 spiro atoms. The minimum Gasteiger partial charge on any atom is -0.353 e. The van der Waals surface area contributed by atoms with Gasteiger partial charge in [-0.15, -0.1) is 0 Å². The van der Waals surface area contributed by atoms with Gasteiger partial charge in [-0.05, 0) is 62.9 Å². The van der Waals surface area contributed by atoms with Gasteiger partial charge in [0.05, 0.1) is 0 Å². The predicted molar refractivity (Wildman–Crippen MR) is 83.6 cm³/mol. The highest BCUT2D eigenvalue weighted by molar-refractivity contribution is 5.76. The topological polar surface area (TPSA) is 41.1 Å². The van der Waals surface area contributed by atoms with Gasteiger partial charge in [0.2, 0.25) is 5.91 Å². The third-order valence-corrected chi connectivity index (χ3v) is 5.06. The molecule has 2 aliphatic rings. The van der Waals surface area contributed by atoms with E-state index >= 15 is 0 Å². The fraction of sp³-hybridized carbons (Fsp3) is 0.941. The van der Waals surface area contributed by atoms with Gasteiger partial charge in [0, 0.05) is 12.5 Å². The van der Waals surface area contributed by atoms with Crippen LogP contribution >= 0.6 is 0 Å². The highest BCUT2D eigenvalue weighted by atomic mass is 16.1. The highest BCUT2D eigenvalue weighted by Gasteiger charge is 2.28. The van der Waals surface area contributed by atoms with E-state index in [1.54, 1.807) is 0 Å². The van der Waals surface area contributed by atoms with Crippen LogP contribution in [0.5, 0.6) is 0 Å². The average Bonchev–Trinajstić information content (AvgIpc) is 3.05. The molecule has 1 aliphatic carbocycles. The molecule has 1 aliphatic heterocycles. The van der Waals surface area contributed by atoms with Gasteiger partial charge < -0.3 is 10.6 Å². The molecule has 1 heterocycles. The maximum absolute atomic E-state index is 12.1. The Labute approximate surface area is 124 Å². The van der Waals surface area contributed by atoms with Crippen molar-refractivity contribution in [3.8, 4) is 0 Å². The zero-order chi connectivity index (χ0) is 14.4. The Bertz CT molecular complexity index is 297. The van der Waals surface area contributed by atoms with Crippen molar-refractivity contribution in [2.24, 2.45) is 17.8 Å². The second-order valence-electron chi connectivity index (χ2n) is 7.23. The van der Waals surface area contributed by atoms with Crippen molar-refractivity contribution >= 4 is 5.91 Å². The Morgan fingerprint density at radius 3 is 2.80 bits per heavy atom. The van der Waals surface area contributed by atoms with Crippen LogP contribution in [0.2, 0.25) is 0 Å². The fourth-order valence-electron chi connectivity index (χ4n) is 3.69. The summed E-state index contributed by atoms with van der Waals surface area (Å²) < 4.78 is 0. The van der Waals surface area contributed by atoms with E-state index in [0.717, 1.165) is 43.7 Å². The summed E-state index contributed by atoms with van der Waals surface area (Å²) >= 11 is 0. The molecule has 2 fully saturated rings. The van der Waals surface area contributed by atoms with Crippen LogP contribution in [0.25, 0.3) is 0 Å². The normalized spacial score (nSPS) is 30.1. The molecular weight excluding hydrogens is 248 g/mol. The standard InChI is InChI=1S/C17H32N2O/c1-13(2)6-8-15-4-3-5-16(15)19-17(20)9-7-14-10-11-18-12-14/h13-16,18H,3-12H2,1-2H3,(H,19,20). The summed E-state index contributed by atoms with van der Waals surface area (Å²) in [5, 5.41) is 6.69. The van der Waals surface area contributed by atoms with Gasteiger partial charge in [0.1, 0.15) is 0 Å². The lowest BCUT2D eigenvalue weighted by Gasteiger charge is -2.22. The lowest BCUT2D eigenvalue weighted by molar-refractivity contribution is -0.122. The van der Waals surface area contributed by atoms with Crippen LogP contribution in [0.15, 0.2) is 0 Å². The molecule has 0 aromatic carbocycles. The summed E-state index contributed by atoms with van der Waals surface area (Å²) in [5.41, 5.74) is 0. The first kappa shape index (κ1) is 15.8. The fourth-order valence-corrected chi connectivity index (χ4v) is 3.69. The van der Waals surface area contributed by atoms with Crippen molar-refractivity contribution in [3.63, 3.8) is 0 Å². The first-order chi connectivity index (χ1) is 9.65. The van der Waals surface area contributed by atoms with Gasteiger partial charge >= 0.3 is 0 Å². The molecule has 116 valence electrons. The molecule has 2 N–H and O–H groups in total. The molecule has 2 rings (SSSR count). The van der Waals surface area contributed by atoms with E-state index in [2.05, 4.69) is 24.5 Å². The number of hydrogen-bond acceptors (Lipinski definition) is 2. The molecule has 1 amide bonds. The quantitative estimate of drug-likeness (QED) is 0.752. The first-order valence-electron chi connectivity index (χ1n) is 8.65. The molecule has 0 aromatic rings. The highest BCUT2D eigenvalue weighted by Crippen LogP contribution is 2.30. The number of carbonyl (C=O) groups excluding carboxylic acids is 1. The number of rotatable bonds is 7. The Morgan fingerprint density at radius 2 is 2.10 bits per heavy atom. The van der Waals surface area contributed by atoms with Gasteiger partial charge in [-0.1, -0.05) is 26.7 Å². The Balaban J connectivity index is 1.66. The smallest absolute Gasteiger partial charge is 0.220 e. The Kier molecular flexibility index (Phi) is 6.34. The van der Waals surface area contributed by atoms with Crippen molar-refractivity contribution < 1.29 is 4.79 Å². The van der Waals surface area contributed by atoms with E-state index in [9.17, 15) is 4.79 Å². The van der Waals surface area contributed by atoms with Gasteiger partial charge in [0.15, 0.2) is 0 Å². The minimum atomic E-state index is 0.290. The van der Waals surface area contributed by atoms with Crippen molar-refractivity contribution in [3.05, 3.63) is 0 Å². The van der Waals surface area contributed by atoms with Crippen LogP contribution in [0.4, 0.5) is 0 Å². The number of hydrogen-bond donors (Lipinski definition) is 2. The second-order valence-corrected chi connectivity index (χ2v) is 7.23. The molecule has 3 nitrogen and oxygen atoms in total. The Hall–Kier alpha value is -0.570. The monoisotopic (exact) mass is 280 g/mol. The molecule has 0 radical (unpaired) electrons. The number of nitrogens with one attached hydrogen (secondary N) is 2. The summed E-state index contributed by atoms with van der Waals surface area (Å²) in [5.74, 6) is 2.52. The maximum Gasteiger partial charge on any atom is 0.220 e. The lowest BCUT2D eigenvalue weighted by Crippen LogP contribution is -2.37. The first-order valence-corrected chi connectivity index (χ1v) is 8.65. The van der Waals surface area contributed by atoms with E-state index in [0.29, 0.717) is 11.9 Å². The molecule has 0 bridgehead atoms. The summed E-state index contributed by atoms with van der Waals surface area (Å²) in [6, 6.07) is 0.461. The van der Waals surface area contributed by atoms with Crippen molar-refractivity contribution in [2.45, 2.75) is 71.3 Å². The van der Waals surface area contributed by atoms with Crippen molar-refractivity contribution in [1.82, 2.24) is 10.6 Å². The van der Waals surface area contributed by atoms with Crippen LogP contribution < -0.4 is 10.6 Å².